The topological polar surface area (TPSA) is 108 Å². The molecule has 3 aliphatic rings. The van der Waals surface area contributed by atoms with Gasteiger partial charge in [0.1, 0.15) is 35.6 Å². The summed E-state index contributed by atoms with van der Waals surface area (Å²) >= 11 is 3.01. The monoisotopic (exact) mass is 736 g/mol. The third kappa shape index (κ3) is 6.06. The predicted octanol–water partition coefficient (Wildman–Crippen LogP) is 8.55. The van der Waals surface area contributed by atoms with Crippen molar-refractivity contribution in [3.05, 3.63) is 187 Å². The fraction of sp³-hybridized carbons (Fsp3) is 0.0667. The highest BCUT2D eigenvalue weighted by atomic mass is 32.2. The highest BCUT2D eigenvalue weighted by molar-refractivity contribution is 8.03. The molecule has 1 N–H and O–H groups in total. The van der Waals surface area contributed by atoms with Gasteiger partial charge < -0.3 is 14.8 Å². The van der Waals surface area contributed by atoms with E-state index in [9.17, 15) is 15.3 Å². The van der Waals surface area contributed by atoms with Gasteiger partial charge in [-0.05, 0) is 64.4 Å². The lowest BCUT2D eigenvalue weighted by atomic mass is 9.81. The van der Waals surface area contributed by atoms with E-state index in [1.54, 1.807) is 17.8 Å². The molecule has 0 fully saturated rings. The number of para-hydroxylation sites is 2. The lowest BCUT2D eigenvalue weighted by Crippen LogP contribution is -2.34. The van der Waals surface area contributed by atoms with Gasteiger partial charge in [-0.15, -0.1) is 11.3 Å². The number of nitriles is 2. The summed E-state index contributed by atoms with van der Waals surface area (Å²) in [6, 6.07) is 43.5. The number of hydrogen-bond donors (Lipinski definition) is 1. The lowest BCUT2D eigenvalue weighted by molar-refractivity contribution is 0.0472. The Bertz CT molecular complexity index is 2780. The second kappa shape index (κ2) is 14.1. The number of carbonyl (C=O) groups is 1. The molecule has 6 aromatic rings. The zero-order valence-electron chi connectivity index (χ0n) is 28.6. The molecule has 1 atom stereocenters. The molecule has 0 bridgehead atoms. The van der Waals surface area contributed by atoms with E-state index in [-0.39, 0.29) is 6.61 Å². The first-order chi connectivity index (χ1) is 26.6. The first-order valence-corrected chi connectivity index (χ1v) is 18.9. The van der Waals surface area contributed by atoms with E-state index < -0.39 is 12.1 Å². The van der Waals surface area contributed by atoms with Crippen molar-refractivity contribution < 1.29 is 14.3 Å². The zero-order chi connectivity index (χ0) is 36.6. The number of aromatic nitrogens is 1. The SMILES string of the molecule is N#C/C(C1=CC=C2C(c3ccccc3C(=O)OCc3ccccc3)=c3cc/c(=C(/C#N)c4nc5ccccc5s4)cc3OC2C1)=C1\Nc2ccccc2S1. The number of hydrogen-bond acceptors (Lipinski definition) is 9. The second-order valence-corrected chi connectivity index (χ2v) is 14.9. The molecule has 1 aliphatic carbocycles. The number of nitrogens with one attached hydrogen (secondary N) is 1. The summed E-state index contributed by atoms with van der Waals surface area (Å²) in [5.41, 5.74) is 7.39. The molecule has 1 unspecified atom stereocenters. The quantitative estimate of drug-likeness (QED) is 0.134. The molecular weight excluding hydrogens is 709 g/mol. The number of thiazole rings is 1. The Morgan fingerprint density at radius 3 is 2.48 bits per heavy atom. The normalized spacial score (nSPS) is 16.9. The minimum atomic E-state index is -0.484. The van der Waals surface area contributed by atoms with Crippen molar-refractivity contribution in [2.75, 3.05) is 5.32 Å². The van der Waals surface area contributed by atoms with Gasteiger partial charge in [0.2, 0.25) is 0 Å². The van der Waals surface area contributed by atoms with Gasteiger partial charge in [0, 0.05) is 27.7 Å². The number of rotatable bonds is 6. The third-order valence-corrected chi connectivity index (χ3v) is 11.7. The molecular formula is C45H28N4O3S2. The van der Waals surface area contributed by atoms with Crippen LogP contribution < -0.4 is 20.5 Å². The Morgan fingerprint density at radius 1 is 0.870 bits per heavy atom. The van der Waals surface area contributed by atoms with E-state index in [2.05, 4.69) is 17.5 Å². The van der Waals surface area contributed by atoms with Crippen LogP contribution in [-0.4, -0.2) is 17.1 Å². The molecule has 258 valence electrons. The van der Waals surface area contributed by atoms with Crippen LogP contribution in [0.4, 0.5) is 5.69 Å². The molecule has 0 saturated heterocycles. The largest absolute Gasteiger partial charge is 0.485 e. The number of anilines is 1. The molecule has 2 aliphatic heterocycles. The summed E-state index contributed by atoms with van der Waals surface area (Å²) in [7, 11) is 0. The van der Waals surface area contributed by atoms with Crippen LogP contribution in [0.25, 0.3) is 21.4 Å². The van der Waals surface area contributed by atoms with E-state index in [4.69, 9.17) is 14.5 Å². The maximum absolute atomic E-state index is 13.8. The smallest absolute Gasteiger partial charge is 0.339 e. The minimum Gasteiger partial charge on any atom is -0.485 e. The van der Waals surface area contributed by atoms with Gasteiger partial charge in [-0.25, -0.2) is 9.78 Å². The van der Waals surface area contributed by atoms with Crippen molar-refractivity contribution in [3.8, 4) is 17.9 Å². The number of nitrogens with zero attached hydrogens (tertiary/aromatic N) is 3. The molecule has 9 rings (SSSR count). The molecule has 0 spiro atoms. The average Bonchev–Trinajstić information content (AvgIpc) is 3.84. The molecule has 3 heterocycles. The molecule has 5 aromatic carbocycles. The number of ether oxygens (including phenoxy) is 2. The van der Waals surface area contributed by atoms with Gasteiger partial charge in [-0.3, -0.25) is 0 Å². The van der Waals surface area contributed by atoms with Gasteiger partial charge in [-0.2, -0.15) is 10.5 Å². The first kappa shape index (κ1) is 33.2. The highest BCUT2D eigenvalue weighted by Gasteiger charge is 2.34. The van der Waals surface area contributed by atoms with Crippen molar-refractivity contribution in [2.45, 2.75) is 24.0 Å². The lowest BCUT2D eigenvalue weighted by Gasteiger charge is -2.32. The highest BCUT2D eigenvalue weighted by Crippen LogP contribution is 2.45. The Hall–Kier alpha value is -6.65. The van der Waals surface area contributed by atoms with Crippen molar-refractivity contribution in [2.24, 2.45) is 0 Å². The summed E-state index contributed by atoms with van der Waals surface area (Å²) in [5, 5.41) is 27.2. The average molecular weight is 737 g/mol. The van der Waals surface area contributed by atoms with Crippen LogP contribution >= 0.6 is 23.1 Å². The van der Waals surface area contributed by atoms with E-state index >= 15 is 0 Å². The number of thioether (sulfide) groups is 1. The molecule has 54 heavy (non-hydrogen) atoms. The maximum Gasteiger partial charge on any atom is 0.339 e. The third-order valence-electron chi connectivity index (χ3n) is 9.57. The second-order valence-electron chi connectivity index (χ2n) is 12.8. The van der Waals surface area contributed by atoms with Crippen molar-refractivity contribution in [3.63, 3.8) is 0 Å². The van der Waals surface area contributed by atoms with Crippen LogP contribution in [0.2, 0.25) is 0 Å². The van der Waals surface area contributed by atoms with Crippen LogP contribution in [0, 0.1) is 22.7 Å². The van der Waals surface area contributed by atoms with E-state index in [1.165, 1.54) is 11.3 Å². The Labute approximate surface area is 319 Å². The Balaban J connectivity index is 1.19. The van der Waals surface area contributed by atoms with Gasteiger partial charge in [0.25, 0.3) is 0 Å². The van der Waals surface area contributed by atoms with Crippen LogP contribution in [-0.2, 0) is 11.3 Å². The van der Waals surface area contributed by atoms with Crippen LogP contribution in [0.15, 0.2) is 160 Å². The molecule has 1 aromatic heterocycles. The van der Waals surface area contributed by atoms with Gasteiger partial charge >= 0.3 is 5.97 Å². The van der Waals surface area contributed by atoms with Crippen molar-refractivity contribution >= 4 is 56.1 Å². The zero-order valence-corrected chi connectivity index (χ0v) is 30.2. The minimum absolute atomic E-state index is 0.143. The summed E-state index contributed by atoms with van der Waals surface area (Å²) in [5.74, 6) is 0.131. The maximum atomic E-state index is 13.8. The molecule has 7 nitrogen and oxygen atoms in total. The molecule has 0 amide bonds. The standard InChI is InChI=1S/C45H28N4O3S2/c46-24-34(43-48-36-14-6-8-16-40(36)53-43)28-18-20-32-38(22-28)52-39-23-29(35(25-47)44-49-37-15-7-9-17-41(37)54-44)19-21-33(39)42(32)30-12-4-5-13-31(30)45(50)51-26-27-10-2-1-3-11-27/h1-22,39,49H,23,26H2/b34-28+,44-35-. The van der Waals surface area contributed by atoms with Crippen LogP contribution in [0.3, 0.4) is 0 Å². The summed E-state index contributed by atoms with van der Waals surface area (Å²) < 4.78 is 13.7. The van der Waals surface area contributed by atoms with Gasteiger partial charge in [0.05, 0.1) is 37.6 Å². The molecule has 0 saturated carbocycles. The molecule has 0 radical (unpaired) electrons. The fourth-order valence-corrected chi connectivity index (χ4v) is 9.01. The molecule has 9 heteroatoms. The number of carbonyl (C=O) groups excluding carboxylic acids is 1. The summed E-state index contributed by atoms with van der Waals surface area (Å²) in [6.45, 7) is 0.143. The first-order valence-electron chi connectivity index (χ1n) is 17.3. The van der Waals surface area contributed by atoms with Gasteiger partial charge in [-0.1, -0.05) is 103 Å². The van der Waals surface area contributed by atoms with Crippen molar-refractivity contribution in [1.29, 1.82) is 10.5 Å². The van der Waals surface area contributed by atoms with E-state index in [0.29, 0.717) is 44.7 Å². The van der Waals surface area contributed by atoms with Crippen LogP contribution in [0.1, 0.15) is 32.9 Å². The van der Waals surface area contributed by atoms with Crippen LogP contribution in [0.5, 0.6) is 5.75 Å². The fourth-order valence-electron chi connectivity index (χ4n) is 7.00. The predicted molar refractivity (Wildman–Crippen MR) is 212 cm³/mol. The summed E-state index contributed by atoms with van der Waals surface area (Å²) in [4.78, 5) is 19.6. The Morgan fingerprint density at radius 2 is 1.65 bits per heavy atom. The Kier molecular flexibility index (Phi) is 8.64. The number of esters is 1. The summed E-state index contributed by atoms with van der Waals surface area (Å²) in [6.07, 6.45) is 3.91. The number of benzene rings is 5. The van der Waals surface area contributed by atoms with Gasteiger partial charge in [0.15, 0.2) is 0 Å². The number of allylic oxidation sites excluding steroid dienone is 3. The van der Waals surface area contributed by atoms with E-state index in [1.807, 2.05) is 127 Å². The number of fused-ring (bicyclic) bond motifs is 4. The van der Waals surface area contributed by atoms with Crippen molar-refractivity contribution in [1.82, 2.24) is 4.98 Å². The van der Waals surface area contributed by atoms with E-state index in [0.717, 1.165) is 53.3 Å².